The second-order valence-electron chi connectivity index (χ2n) is 5.12. The van der Waals surface area contributed by atoms with Crippen molar-refractivity contribution in [2.24, 2.45) is 0 Å². The number of amides is 1. The summed E-state index contributed by atoms with van der Waals surface area (Å²) in [6.45, 7) is 10.8. The van der Waals surface area contributed by atoms with E-state index in [1.807, 2.05) is 0 Å². The second-order valence-corrected chi connectivity index (χ2v) is 5.12. The van der Waals surface area contributed by atoms with Crippen LogP contribution < -0.4 is 5.32 Å². The summed E-state index contributed by atoms with van der Waals surface area (Å²) in [5, 5.41) is 15.5. The molecule has 0 saturated carbocycles. The summed E-state index contributed by atoms with van der Waals surface area (Å²) < 4.78 is 4.84. The third kappa shape index (κ3) is 4.04. The summed E-state index contributed by atoms with van der Waals surface area (Å²) in [5.41, 5.74) is 0.169. The number of aromatic nitrogens is 1. The lowest BCUT2D eigenvalue weighted by molar-refractivity contribution is 0.0748. The molecule has 0 unspecified atom stereocenters. The molecule has 0 saturated heterocycles. The smallest absolute Gasteiger partial charge is 0.273 e. The van der Waals surface area contributed by atoms with Crippen LogP contribution in [0, 0.1) is 0 Å². The van der Waals surface area contributed by atoms with Crippen LogP contribution in [0.15, 0.2) is 10.6 Å². The summed E-state index contributed by atoms with van der Waals surface area (Å²) in [5.74, 6) is 0.0259. The molecule has 1 aromatic rings. The van der Waals surface area contributed by atoms with Crippen LogP contribution in [0.3, 0.4) is 0 Å². The highest BCUT2D eigenvalue weighted by Crippen LogP contribution is 2.23. The van der Waals surface area contributed by atoms with Crippen molar-refractivity contribution in [3.8, 4) is 0 Å². The number of nitrogens with one attached hydrogen (secondary N) is 1. The summed E-state index contributed by atoms with van der Waals surface area (Å²) in [6.07, 6.45) is 1.93. The lowest BCUT2D eigenvalue weighted by atomic mass is 9.90. The number of carbonyl (C=O) groups is 1. The van der Waals surface area contributed by atoms with Gasteiger partial charge in [0.1, 0.15) is 6.61 Å². The molecule has 21 heavy (non-hydrogen) atoms. The van der Waals surface area contributed by atoms with E-state index in [9.17, 15) is 4.79 Å². The van der Waals surface area contributed by atoms with E-state index in [0.29, 0.717) is 12.3 Å². The van der Waals surface area contributed by atoms with E-state index in [4.69, 9.17) is 9.63 Å². The van der Waals surface area contributed by atoms with E-state index in [1.54, 1.807) is 0 Å². The van der Waals surface area contributed by atoms with Gasteiger partial charge in [0.25, 0.3) is 5.91 Å². The Morgan fingerprint density at radius 3 is 2.38 bits per heavy atom. The third-order valence-electron chi connectivity index (χ3n) is 4.28. The number of hydrogen-bond acceptors (Lipinski definition) is 5. The summed E-state index contributed by atoms with van der Waals surface area (Å²) in [4.78, 5) is 14.5. The van der Waals surface area contributed by atoms with Crippen LogP contribution in [0.4, 0.5) is 0 Å². The zero-order chi connectivity index (χ0) is 15.9. The van der Waals surface area contributed by atoms with Crippen molar-refractivity contribution in [3.05, 3.63) is 17.5 Å². The van der Waals surface area contributed by atoms with Gasteiger partial charge in [0, 0.05) is 18.2 Å². The maximum Gasteiger partial charge on any atom is 0.273 e. The van der Waals surface area contributed by atoms with Gasteiger partial charge in [0.2, 0.25) is 0 Å². The van der Waals surface area contributed by atoms with Crippen LogP contribution in [0.1, 0.15) is 56.8 Å². The average Bonchev–Trinajstić information content (AvgIpc) is 3.00. The Hall–Kier alpha value is -1.40. The zero-order valence-electron chi connectivity index (χ0n) is 13.5. The molecule has 0 fully saturated rings. The highest BCUT2D eigenvalue weighted by molar-refractivity contribution is 5.92. The highest BCUT2D eigenvalue weighted by Gasteiger charge is 2.32. The molecule has 1 aromatic heterocycles. The largest absolute Gasteiger partial charge is 0.388 e. The Morgan fingerprint density at radius 1 is 1.33 bits per heavy atom. The topological polar surface area (TPSA) is 78.6 Å². The Labute approximate surface area is 126 Å². The van der Waals surface area contributed by atoms with Gasteiger partial charge in [-0.1, -0.05) is 32.9 Å². The molecule has 1 rings (SSSR count). The molecular weight excluding hydrogens is 270 g/mol. The monoisotopic (exact) mass is 297 g/mol. The number of aliphatic hydroxyl groups is 1. The van der Waals surface area contributed by atoms with Gasteiger partial charge in [-0.05, 0) is 25.9 Å². The average molecular weight is 297 g/mol. The van der Waals surface area contributed by atoms with Gasteiger partial charge in [0.15, 0.2) is 11.5 Å². The van der Waals surface area contributed by atoms with Crippen LogP contribution in [0.25, 0.3) is 0 Å². The first-order chi connectivity index (χ1) is 10.1. The molecule has 0 atom stereocenters. The van der Waals surface area contributed by atoms with E-state index in [-0.39, 0.29) is 23.7 Å². The van der Waals surface area contributed by atoms with Gasteiger partial charge in [-0.3, -0.25) is 9.69 Å². The molecule has 0 aliphatic rings. The molecule has 2 N–H and O–H groups in total. The number of likely N-dealkylation sites (N-methyl/N-ethyl adjacent to an activating group) is 1. The van der Waals surface area contributed by atoms with E-state index in [0.717, 1.165) is 25.9 Å². The first-order valence-corrected chi connectivity index (χ1v) is 7.66. The molecule has 6 heteroatoms. The lowest BCUT2D eigenvalue weighted by Crippen LogP contribution is -2.55. The van der Waals surface area contributed by atoms with Crippen molar-refractivity contribution < 1.29 is 14.4 Å². The minimum Gasteiger partial charge on any atom is -0.388 e. The zero-order valence-corrected chi connectivity index (χ0v) is 13.5. The number of rotatable bonds is 9. The molecule has 0 aliphatic heterocycles. The summed E-state index contributed by atoms with van der Waals surface area (Å²) in [6, 6.07) is 1.46. The van der Waals surface area contributed by atoms with Crippen LogP contribution in [0.2, 0.25) is 0 Å². The fourth-order valence-corrected chi connectivity index (χ4v) is 2.78. The second kappa shape index (κ2) is 8.14. The first-order valence-electron chi connectivity index (χ1n) is 7.66. The minimum atomic E-state index is -0.267. The highest BCUT2D eigenvalue weighted by atomic mass is 16.5. The lowest BCUT2D eigenvalue weighted by Gasteiger charge is -2.42. The molecule has 1 heterocycles. The van der Waals surface area contributed by atoms with Crippen molar-refractivity contribution in [1.29, 1.82) is 0 Å². The molecule has 1 amide bonds. The number of carbonyl (C=O) groups excluding carboxylic acids is 1. The number of aliphatic hydroxyl groups excluding tert-OH is 1. The van der Waals surface area contributed by atoms with Crippen LogP contribution in [-0.2, 0) is 6.61 Å². The van der Waals surface area contributed by atoms with Crippen LogP contribution >= 0.6 is 0 Å². The van der Waals surface area contributed by atoms with Gasteiger partial charge in [-0.2, -0.15) is 0 Å². The van der Waals surface area contributed by atoms with E-state index in [1.165, 1.54) is 6.07 Å². The third-order valence-corrected chi connectivity index (χ3v) is 4.28. The van der Waals surface area contributed by atoms with Gasteiger partial charge < -0.3 is 14.9 Å². The van der Waals surface area contributed by atoms with E-state index < -0.39 is 0 Å². The maximum atomic E-state index is 12.1. The van der Waals surface area contributed by atoms with Crippen molar-refractivity contribution in [2.45, 2.75) is 52.7 Å². The van der Waals surface area contributed by atoms with Gasteiger partial charge in [-0.15, -0.1) is 0 Å². The predicted octanol–water partition coefficient (Wildman–Crippen LogP) is 1.80. The molecule has 6 nitrogen and oxygen atoms in total. The van der Waals surface area contributed by atoms with Gasteiger partial charge in [-0.25, -0.2) is 0 Å². The van der Waals surface area contributed by atoms with E-state index in [2.05, 4.69) is 43.1 Å². The molecule has 120 valence electrons. The van der Waals surface area contributed by atoms with Gasteiger partial charge >= 0.3 is 0 Å². The molecule has 0 aliphatic carbocycles. The number of nitrogens with zero attached hydrogens (tertiary/aromatic N) is 2. The fraction of sp³-hybridized carbons (Fsp3) is 0.733. The Balaban J connectivity index is 2.74. The molecule has 0 aromatic carbocycles. The van der Waals surface area contributed by atoms with Crippen molar-refractivity contribution in [1.82, 2.24) is 15.4 Å². The normalized spacial score (nSPS) is 11.9. The molecular formula is C15H27N3O3. The summed E-state index contributed by atoms with van der Waals surface area (Å²) >= 11 is 0. The Kier molecular flexibility index (Phi) is 6.84. The Morgan fingerprint density at radius 2 is 1.95 bits per heavy atom. The quantitative estimate of drug-likeness (QED) is 0.726. The SMILES string of the molecule is CCN(CC)C(CC)(CC)CNC(=O)c1cc(CO)on1. The molecule has 0 radical (unpaired) electrons. The fourth-order valence-electron chi connectivity index (χ4n) is 2.78. The number of hydrogen-bond donors (Lipinski definition) is 2. The predicted molar refractivity (Wildman–Crippen MR) is 81.0 cm³/mol. The first kappa shape index (κ1) is 17.7. The minimum absolute atomic E-state index is 0.0390. The van der Waals surface area contributed by atoms with Crippen LogP contribution in [-0.4, -0.2) is 46.2 Å². The van der Waals surface area contributed by atoms with Crippen LogP contribution in [0.5, 0.6) is 0 Å². The van der Waals surface area contributed by atoms with Gasteiger partial charge in [0.05, 0.1) is 0 Å². The van der Waals surface area contributed by atoms with Crippen molar-refractivity contribution in [3.63, 3.8) is 0 Å². The van der Waals surface area contributed by atoms with E-state index >= 15 is 0 Å². The molecule has 0 spiro atoms. The summed E-state index contributed by atoms with van der Waals surface area (Å²) in [7, 11) is 0. The standard InChI is InChI=1S/C15H27N3O3/c1-5-15(6-2,18(7-3)8-4)11-16-14(20)13-9-12(10-19)21-17-13/h9,19H,5-8,10-11H2,1-4H3,(H,16,20). The maximum absolute atomic E-state index is 12.1. The van der Waals surface area contributed by atoms with Crippen molar-refractivity contribution >= 4 is 5.91 Å². The molecule has 0 bridgehead atoms. The Bertz CT molecular complexity index is 437. The van der Waals surface area contributed by atoms with Crippen molar-refractivity contribution in [2.75, 3.05) is 19.6 Å².